The summed E-state index contributed by atoms with van der Waals surface area (Å²) in [5.41, 5.74) is 1.51. The van der Waals surface area contributed by atoms with Crippen molar-refractivity contribution in [3.8, 4) is 0 Å². The number of rotatable bonds is 7. The fraction of sp³-hybridized carbons (Fsp3) is 0.824. The van der Waals surface area contributed by atoms with Gasteiger partial charge in [-0.2, -0.15) is 0 Å². The summed E-state index contributed by atoms with van der Waals surface area (Å²) in [4.78, 5) is 8.62. The number of hydrogen-bond donors (Lipinski definition) is 1. The molecule has 0 saturated heterocycles. The molecule has 1 atom stereocenters. The van der Waals surface area contributed by atoms with Crippen LogP contribution in [0.3, 0.4) is 0 Å². The third-order valence-electron chi connectivity index (χ3n) is 5.10. The van der Waals surface area contributed by atoms with Gasteiger partial charge in [0.05, 0.1) is 10.7 Å². The van der Waals surface area contributed by atoms with Crippen molar-refractivity contribution in [3.63, 3.8) is 0 Å². The van der Waals surface area contributed by atoms with Gasteiger partial charge in [0.1, 0.15) is 0 Å². The average molecular weight is 310 g/mol. The first-order chi connectivity index (χ1) is 9.99. The molecule has 1 fully saturated rings. The van der Waals surface area contributed by atoms with Crippen molar-refractivity contribution < 1.29 is 0 Å². The lowest BCUT2D eigenvalue weighted by Crippen LogP contribution is -2.58. The Balaban J connectivity index is 2.20. The Morgan fingerprint density at radius 1 is 1.29 bits per heavy atom. The quantitative estimate of drug-likeness (QED) is 0.835. The van der Waals surface area contributed by atoms with E-state index in [-0.39, 0.29) is 0 Å². The normalized spacial score (nSPS) is 19.3. The van der Waals surface area contributed by atoms with Crippen molar-refractivity contribution >= 4 is 11.3 Å². The zero-order chi connectivity index (χ0) is 15.5. The van der Waals surface area contributed by atoms with E-state index in [0.717, 1.165) is 13.0 Å². The fourth-order valence-corrected chi connectivity index (χ4v) is 4.65. The zero-order valence-corrected chi connectivity index (χ0v) is 15.1. The number of nitrogens with zero attached hydrogens (tertiary/aromatic N) is 2. The number of thiazole rings is 1. The average Bonchev–Trinajstić information content (AvgIpc) is 3.03. The van der Waals surface area contributed by atoms with Gasteiger partial charge in [-0.15, -0.1) is 11.3 Å². The maximum absolute atomic E-state index is 4.78. The number of hydrogen-bond acceptors (Lipinski definition) is 4. The summed E-state index contributed by atoms with van der Waals surface area (Å²) in [5, 5.41) is 5.13. The Kier molecular flexibility index (Phi) is 5.81. The molecule has 0 spiro atoms. The minimum atomic E-state index is 0.308. The standard InChI is InChI=1S/C17H31N3S/c1-6-11-18-15(12-16-19-13(2)14(3)21-16)17(20(4)5)9-7-8-10-17/h15,18H,6-12H2,1-5H3. The maximum Gasteiger partial charge on any atom is 0.0947 e. The van der Waals surface area contributed by atoms with E-state index >= 15 is 0 Å². The summed E-state index contributed by atoms with van der Waals surface area (Å²) < 4.78 is 0. The van der Waals surface area contributed by atoms with Crippen LogP contribution in [0.4, 0.5) is 0 Å². The van der Waals surface area contributed by atoms with E-state index in [1.54, 1.807) is 0 Å². The van der Waals surface area contributed by atoms with Crippen LogP contribution in [-0.2, 0) is 6.42 Å². The lowest BCUT2D eigenvalue weighted by atomic mass is 9.84. The summed E-state index contributed by atoms with van der Waals surface area (Å²) in [5.74, 6) is 0. The van der Waals surface area contributed by atoms with Gasteiger partial charge in [-0.3, -0.25) is 0 Å². The second-order valence-electron chi connectivity index (χ2n) is 6.67. The highest BCUT2D eigenvalue weighted by atomic mass is 32.1. The largest absolute Gasteiger partial charge is 0.312 e. The molecule has 0 aliphatic heterocycles. The van der Waals surface area contributed by atoms with Crippen molar-refractivity contribution in [1.82, 2.24) is 15.2 Å². The molecule has 0 amide bonds. The summed E-state index contributed by atoms with van der Waals surface area (Å²) in [6.07, 6.45) is 7.60. The second kappa shape index (κ2) is 7.21. The van der Waals surface area contributed by atoms with E-state index in [9.17, 15) is 0 Å². The van der Waals surface area contributed by atoms with Gasteiger partial charge in [-0.25, -0.2) is 4.98 Å². The summed E-state index contributed by atoms with van der Waals surface area (Å²) in [7, 11) is 4.51. The molecule has 0 radical (unpaired) electrons. The van der Waals surface area contributed by atoms with Crippen LogP contribution in [0.5, 0.6) is 0 Å². The third kappa shape index (κ3) is 3.66. The number of aromatic nitrogens is 1. The molecular weight excluding hydrogens is 278 g/mol. The first-order valence-electron chi connectivity index (χ1n) is 8.33. The Morgan fingerprint density at radius 2 is 1.95 bits per heavy atom. The molecule has 1 saturated carbocycles. The number of likely N-dealkylation sites (N-methyl/N-ethyl adjacent to an activating group) is 1. The van der Waals surface area contributed by atoms with Crippen LogP contribution < -0.4 is 5.32 Å². The van der Waals surface area contributed by atoms with Crippen LogP contribution in [0.1, 0.15) is 54.6 Å². The summed E-state index contributed by atoms with van der Waals surface area (Å²) in [6.45, 7) is 7.66. The molecular formula is C17H31N3S. The minimum absolute atomic E-state index is 0.308. The molecule has 21 heavy (non-hydrogen) atoms. The molecule has 1 N–H and O–H groups in total. The van der Waals surface area contributed by atoms with Crippen LogP contribution in [-0.4, -0.2) is 42.1 Å². The minimum Gasteiger partial charge on any atom is -0.312 e. The Bertz CT molecular complexity index is 427. The van der Waals surface area contributed by atoms with Gasteiger partial charge in [-0.05, 0) is 53.8 Å². The van der Waals surface area contributed by atoms with Crippen molar-refractivity contribution in [1.29, 1.82) is 0 Å². The van der Waals surface area contributed by atoms with Crippen LogP contribution in [0.2, 0.25) is 0 Å². The van der Waals surface area contributed by atoms with Crippen LogP contribution >= 0.6 is 11.3 Å². The van der Waals surface area contributed by atoms with E-state index in [4.69, 9.17) is 4.98 Å². The molecule has 1 heterocycles. The van der Waals surface area contributed by atoms with Gasteiger partial charge in [0, 0.05) is 22.9 Å². The lowest BCUT2D eigenvalue weighted by molar-refractivity contribution is 0.104. The predicted octanol–water partition coefficient (Wildman–Crippen LogP) is 3.55. The number of nitrogens with one attached hydrogen (secondary N) is 1. The van der Waals surface area contributed by atoms with Crippen molar-refractivity contribution in [3.05, 3.63) is 15.6 Å². The SMILES string of the molecule is CCCNC(Cc1nc(C)c(C)s1)C1(N(C)C)CCCC1. The van der Waals surface area contributed by atoms with Gasteiger partial charge < -0.3 is 10.2 Å². The van der Waals surface area contributed by atoms with Crippen molar-refractivity contribution in [2.45, 2.75) is 70.9 Å². The van der Waals surface area contributed by atoms with Gasteiger partial charge in [0.2, 0.25) is 0 Å². The molecule has 1 aliphatic carbocycles. The van der Waals surface area contributed by atoms with Crippen LogP contribution in [0.15, 0.2) is 0 Å². The lowest BCUT2D eigenvalue weighted by Gasteiger charge is -2.43. The van der Waals surface area contributed by atoms with Gasteiger partial charge in [0.15, 0.2) is 0 Å². The molecule has 1 aliphatic rings. The molecule has 2 rings (SSSR count). The maximum atomic E-state index is 4.78. The van der Waals surface area contributed by atoms with Gasteiger partial charge in [-0.1, -0.05) is 19.8 Å². The van der Waals surface area contributed by atoms with E-state index in [1.165, 1.54) is 47.7 Å². The molecule has 3 nitrogen and oxygen atoms in total. The molecule has 1 unspecified atom stereocenters. The second-order valence-corrected chi connectivity index (χ2v) is 7.95. The smallest absolute Gasteiger partial charge is 0.0947 e. The van der Waals surface area contributed by atoms with E-state index in [2.05, 4.69) is 45.1 Å². The molecule has 0 aromatic carbocycles. The van der Waals surface area contributed by atoms with E-state index in [0.29, 0.717) is 11.6 Å². The predicted molar refractivity (Wildman–Crippen MR) is 92.3 cm³/mol. The first kappa shape index (κ1) is 16.9. The summed E-state index contributed by atoms with van der Waals surface area (Å²) in [6, 6.07) is 0.514. The number of aryl methyl sites for hydroxylation is 2. The highest BCUT2D eigenvalue weighted by molar-refractivity contribution is 7.11. The third-order valence-corrected chi connectivity index (χ3v) is 6.20. The topological polar surface area (TPSA) is 28.2 Å². The Hall–Kier alpha value is -0.450. The molecule has 120 valence electrons. The van der Waals surface area contributed by atoms with Crippen LogP contribution in [0.25, 0.3) is 0 Å². The van der Waals surface area contributed by atoms with Crippen molar-refractivity contribution in [2.75, 3.05) is 20.6 Å². The Labute approximate surface area is 134 Å². The molecule has 1 aromatic heterocycles. The summed E-state index contributed by atoms with van der Waals surface area (Å²) >= 11 is 1.88. The first-order valence-corrected chi connectivity index (χ1v) is 9.15. The van der Waals surface area contributed by atoms with Crippen LogP contribution in [0, 0.1) is 13.8 Å². The van der Waals surface area contributed by atoms with Crippen molar-refractivity contribution in [2.24, 2.45) is 0 Å². The monoisotopic (exact) mass is 309 g/mol. The van der Waals surface area contributed by atoms with Gasteiger partial charge >= 0.3 is 0 Å². The highest BCUT2D eigenvalue weighted by Gasteiger charge is 2.43. The zero-order valence-electron chi connectivity index (χ0n) is 14.3. The highest BCUT2D eigenvalue weighted by Crippen LogP contribution is 2.38. The fourth-order valence-electron chi connectivity index (χ4n) is 3.67. The molecule has 0 bridgehead atoms. The molecule has 1 aromatic rings. The van der Waals surface area contributed by atoms with E-state index in [1.807, 2.05) is 11.3 Å². The van der Waals surface area contributed by atoms with Gasteiger partial charge in [0.25, 0.3) is 0 Å². The Morgan fingerprint density at radius 3 is 2.43 bits per heavy atom. The van der Waals surface area contributed by atoms with E-state index < -0.39 is 0 Å². The molecule has 4 heteroatoms.